The highest BCUT2D eigenvalue weighted by Gasteiger charge is 2.41. The van der Waals surface area contributed by atoms with Crippen molar-refractivity contribution in [3.8, 4) is 0 Å². The second-order valence-corrected chi connectivity index (χ2v) is 7.51. The molecular weight excluding hydrogens is 350 g/mol. The molecule has 5 nitrogen and oxygen atoms in total. The number of hydrogen-bond donors (Lipinski definition) is 1. The van der Waals surface area contributed by atoms with E-state index in [4.69, 9.17) is 0 Å². The first kappa shape index (κ1) is 16.4. The molecule has 0 aliphatic heterocycles. The molecule has 27 heavy (non-hydrogen) atoms. The summed E-state index contributed by atoms with van der Waals surface area (Å²) in [6.07, 6.45) is 6.24. The maximum absolute atomic E-state index is 13.4. The number of pyridine rings is 1. The van der Waals surface area contributed by atoms with Gasteiger partial charge in [0.2, 0.25) is 5.95 Å². The Morgan fingerprint density at radius 3 is 2.70 bits per heavy atom. The number of nitrogens with one attached hydrogen (secondary N) is 1. The Kier molecular flexibility index (Phi) is 3.70. The van der Waals surface area contributed by atoms with Gasteiger partial charge in [0.25, 0.3) is 5.56 Å². The summed E-state index contributed by atoms with van der Waals surface area (Å²) in [5.74, 6) is -0.388. The van der Waals surface area contributed by atoms with E-state index >= 15 is 0 Å². The first-order chi connectivity index (χ1) is 13.1. The third-order valence-corrected chi connectivity index (χ3v) is 5.88. The maximum atomic E-state index is 13.4. The van der Waals surface area contributed by atoms with Crippen LogP contribution in [0.3, 0.4) is 0 Å². The van der Waals surface area contributed by atoms with Crippen molar-refractivity contribution in [2.75, 3.05) is 5.32 Å². The Bertz CT molecular complexity index is 1100. The van der Waals surface area contributed by atoms with Gasteiger partial charge in [0.1, 0.15) is 5.65 Å². The van der Waals surface area contributed by atoms with Crippen LogP contribution in [-0.4, -0.2) is 14.5 Å². The number of nitrogens with zero attached hydrogens (tertiary/aromatic N) is 3. The van der Waals surface area contributed by atoms with Gasteiger partial charge in [0, 0.05) is 35.4 Å². The fourth-order valence-electron chi connectivity index (χ4n) is 4.65. The molecule has 2 bridgehead atoms. The van der Waals surface area contributed by atoms with E-state index in [1.54, 1.807) is 22.9 Å². The minimum atomic E-state index is -0.945. The van der Waals surface area contributed by atoms with E-state index in [0.717, 1.165) is 30.4 Å². The van der Waals surface area contributed by atoms with E-state index in [9.17, 15) is 13.6 Å². The average molecular weight is 368 g/mol. The van der Waals surface area contributed by atoms with Gasteiger partial charge in [-0.25, -0.2) is 13.8 Å². The molecule has 5 rings (SSSR count). The lowest BCUT2D eigenvalue weighted by atomic mass is 9.95. The van der Waals surface area contributed by atoms with Gasteiger partial charge in [0.15, 0.2) is 11.6 Å². The predicted octanol–water partition coefficient (Wildman–Crippen LogP) is 4.17. The molecule has 3 aromatic rings. The quantitative estimate of drug-likeness (QED) is 0.754. The SMILES string of the molecule is O=c1ccc2cnc(Nc3ccc(F)c(F)c3)nc2n1C1CC2CCC1C2. The van der Waals surface area contributed by atoms with Crippen molar-refractivity contribution < 1.29 is 8.78 Å². The van der Waals surface area contributed by atoms with Gasteiger partial charge in [-0.3, -0.25) is 9.36 Å². The fourth-order valence-corrected chi connectivity index (χ4v) is 4.65. The van der Waals surface area contributed by atoms with Crippen molar-refractivity contribution in [2.24, 2.45) is 11.8 Å². The average Bonchev–Trinajstić information content (AvgIpc) is 3.28. The molecule has 0 saturated heterocycles. The van der Waals surface area contributed by atoms with Crippen LogP contribution in [-0.2, 0) is 0 Å². The van der Waals surface area contributed by atoms with Crippen LogP contribution in [0.1, 0.15) is 31.7 Å². The molecule has 2 aliphatic rings. The van der Waals surface area contributed by atoms with Gasteiger partial charge in [-0.15, -0.1) is 0 Å². The van der Waals surface area contributed by atoms with E-state index in [1.165, 1.54) is 18.9 Å². The second-order valence-electron chi connectivity index (χ2n) is 7.51. The van der Waals surface area contributed by atoms with Crippen LogP contribution in [0, 0.1) is 23.5 Å². The Morgan fingerprint density at radius 2 is 1.96 bits per heavy atom. The zero-order chi connectivity index (χ0) is 18.5. The van der Waals surface area contributed by atoms with Crippen LogP contribution < -0.4 is 10.9 Å². The summed E-state index contributed by atoms with van der Waals surface area (Å²) in [5.41, 5.74) is 0.871. The van der Waals surface area contributed by atoms with Crippen LogP contribution >= 0.6 is 0 Å². The summed E-state index contributed by atoms with van der Waals surface area (Å²) in [6.45, 7) is 0. The van der Waals surface area contributed by atoms with Crippen LogP contribution in [0.15, 0.2) is 41.3 Å². The molecule has 2 fully saturated rings. The number of rotatable bonds is 3. The molecule has 0 amide bonds. The largest absolute Gasteiger partial charge is 0.324 e. The van der Waals surface area contributed by atoms with Gasteiger partial charge >= 0.3 is 0 Å². The zero-order valence-electron chi connectivity index (χ0n) is 14.5. The van der Waals surface area contributed by atoms with Crippen LogP contribution in [0.5, 0.6) is 0 Å². The number of fused-ring (bicyclic) bond motifs is 3. The van der Waals surface area contributed by atoms with Gasteiger partial charge in [0.05, 0.1) is 0 Å². The molecule has 1 aromatic carbocycles. The lowest BCUT2D eigenvalue weighted by Crippen LogP contribution is -2.28. The van der Waals surface area contributed by atoms with Crippen LogP contribution in [0.25, 0.3) is 11.0 Å². The Hall–Kier alpha value is -2.83. The highest BCUT2D eigenvalue weighted by Crippen LogP contribution is 2.50. The molecule has 7 heteroatoms. The lowest BCUT2D eigenvalue weighted by molar-refractivity contribution is 0.329. The van der Waals surface area contributed by atoms with E-state index in [1.807, 2.05) is 0 Å². The summed E-state index contributed by atoms with van der Waals surface area (Å²) in [7, 11) is 0. The molecule has 0 spiro atoms. The van der Waals surface area contributed by atoms with E-state index in [-0.39, 0.29) is 17.5 Å². The molecule has 2 aliphatic carbocycles. The lowest BCUT2D eigenvalue weighted by Gasteiger charge is -2.25. The number of hydrogen-bond acceptors (Lipinski definition) is 4. The number of halogens is 2. The van der Waals surface area contributed by atoms with Crippen molar-refractivity contribution in [1.29, 1.82) is 0 Å². The van der Waals surface area contributed by atoms with Crippen molar-refractivity contribution in [1.82, 2.24) is 14.5 Å². The third-order valence-electron chi connectivity index (χ3n) is 5.88. The fraction of sp³-hybridized carbons (Fsp3) is 0.350. The van der Waals surface area contributed by atoms with Crippen LogP contribution in [0.4, 0.5) is 20.4 Å². The van der Waals surface area contributed by atoms with Gasteiger partial charge in [-0.2, -0.15) is 4.98 Å². The van der Waals surface area contributed by atoms with Gasteiger partial charge < -0.3 is 5.32 Å². The zero-order valence-corrected chi connectivity index (χ0v) is 14.5. The van der Waals surface area contributed by atoms with E-state index in [2.05, 4.69) is 15.3 Å². The van der Waals surface area contributed by atoms with Gasteiger partial charge in [-0.1, -0.05) is 6.42 Å². The first-order valence-electron chi connectivity index (χ1n) is 9.19. The maximum Gasteiger partial charge on any atom is 0.252 e. The van der Waals surface area contributed by atoms with Crippen LogP contribution in [0.2, 0.25) is 0 Å². The van der Waals surface area contributed by atoms with Crippen molar-refractivity contribution in [3.63, 3.8) is 0 Å². The number of benzene rings is 1. The molecule has 2 heterocycles. The molecule has 3 atom stereocenters. The second kappa shape index (κ2) is 6.11. The molecule has 138 valence electrons. The molecule has 2 saturated carbocycles. The summed E-state index contributed by atoms with van der Waals surface area (Å²) >= 11 is 0. The summed E-state index contributed by atoms with van der Waals surface area (Å²) in [5, 5.41) is 3.68. The topological polar surface area (TPSA) is 59.8 Å². The molecular formula is C20H18F2N4O. The molecule has 2 aromatic heterocycles. The monoisotopic (exact) mass is 368 g/mol. The minimum Gasteiger partial charge on any atom is -0.324 e. The smallest absolute Gasteiger partial charge is 0.252 e. The van der Waals surface area contributed by atoms with Crippen molar-refractivity contribution in [2.45, 2.75) is 31.7 Å². The van der Waals surface area contributed by atoms with E-state index in [0.29, 0.717) is 23.2 Å². The number of anilines is 2. The third kappa shape index (κ3) is 2.78. The summed E-state index contributed by atoms with van der Waals surface area (Å²) in [4.78, 5) is 21.4. The molecule has 0 radical (unpaired) electrons. The first-order valence-corrected chi connectivity index (χ1v) is 9.19. The predicted molar refractivity (Wildman–Crippen MR) is 97.9 cm³/mol. The van der Waals surface area contributed by atoms with E-state index < -0.39 is 11.6 Å². The van der Waals surface area contributed by atoms with Gasteiger partial charge in [-0.05, 0) is 49.3 Å². The summed E-state index contributed by atoms with van der Waals surface area (Å²) < 4.78 is 28.4. The Labute approximate surface area is 154 Å². The Balaban J connectivity index is 1.57. The standard InChI is InChI=1S/C20H18F2N4O/c21-15-5-4-14(9-16(15)22)24-20-23-10-13-3-6-18(27)26(19(13)25-20)17-8-11-1-2-12(17)7-11/h3-6,9-12,17H,1-2,7-8H2,(H,23,24,25). The van der Waals surface area contributed by atoms with Crippen molar-refractivity contribution >= 4 is 22.7 Å². The minimum absolute atomic E-state index is 0.0578. The molecule has 3 unspecified atom stereocenters. The Morgan fingerprint density at radius 1 is 1.07 bits per heavy atom. The van der Waals surface area contributed by atoms with Crippen molar-refractivity contribution in [3.05, 3.63) is 58.5 Å². The molecule has 1 N–H and O–H groups in total. The summed E-state index contributed by atoms with van der Waals surface area (Å²) in [6, 6.07) is 6.98. The number of aromatic nitrogens is 3. The highest BCUT2D eigenvalue weighted by molar-refractivity contribution is 5.75. The normalized spacial score (nSPS) is 23.9. The highest BCUT2D eigenvalue weighted by atomic mass is 19.2.